The van der Waals surface area contributed by atoms with Crippen LogP contribution in [0.25, 0.3) is 0 Å². The Labute approximate surface area is 120 Å². The molecule has 2 heterocycles. The SMILES string of the molecule is Cc1cccc(CN2CCC(N3CCOCC3)C2)c1O. The molecule has 0 radical (unpaired) electrons. The Kier molecular flexibility index (Phi) is 4.24. The van der Waals surface area contributed by atoms with Crippen molar-refractivity contribution in [3.8, 4) is 5.75 Å². The molecule has 20 heavy (non-hydrogen) atoms. The van der Waals surface area contributed by atoms with Crippen LogP contribution >= 0.6 is 0 Å². The molecule has 2 aliphatic rings. The van der Waals surface area contributed by atoms with Crippen molar-refractivity contribution in [3.05, 3.63) is 29.3 Å². The molecular formula is C16H24N2O2. The van der Waals surface area contributed by atoms with Crippen LogP contribution < -0.4 is 0 Å². The topological polar surface area (TPSA) is 35.9 Å². The molecule has 2 aliphatic heterocycles. The fourth-order valence-electron chi connectivity index (χ4n) is 3.28. The van der Waals surface area contributed by atoms with Gasteiger partial charge in [0.25, 0.3) is 0 Å². The van der Waals surface area contributed by atoms with E-state index >= 15 is 0 Å². The zero-order valence-electron chi connectivity index (χ0n) is 12.2. The van der Waals surface area contributed by atoms with Crippen LogP contribution in [-0.2, 0) is 11.3 Å². The second kappa shape index (κ2) is 6.12. The zero-order chi connectivity index (χ0) is 13.9. The van der Waals surface area contributed by atoms with Crippen LogP contribution in [0.15, 0.2) is 18.2 Å². The third kappa shape index (κ3) is 2.97. The summed E-state index contributed by atoms with van der Waals surface area (Å²) < 4.78 is 5.42. The van der Waals surface area contributed by atoms with Crippen molar-refractivity contribution < 1.29 is 9.84 Å². The highest BCUT2D eigenvalue weighted by molar-refractivity contribution is 5.39. The zero-order valence-corrected chi connectivity index (χ0v) is 12.2. The first-order valence-corrected chi connectivity index (χ1v) is 7.55. The van der Waals surface area contributed by atoms with Gasteiger partial charge in [-0.3, -0.25) is 9.80 Å². The quantitative estimate of drug-likeness (QED) is 0.910. The Balaban J connectivity index is 1.58. The van der Waals surface area contributed by atoms with Gasteiger partial charge in [0.15, 0.2) is 0 Å². The smallest absolute Gasteiger partial charge is 0.122 e. The molecule has 1 N–H and O–H groups in total. The highest BCUT2D eigenvalue weighted by Crippen LogP contribution is 2.25. The van der Waals surface area contributed by atoms with E-state index in [1.807, 2.05) is 25.1 Å². The minimum absolute atomic E-state index is 0.460. The molecule has 0 bridgehead atoms. The van der Waals surface area contributed by atoms with Crippen molar-refractivity contribution in [2.24, 2.45) is 0 Å². The van der Waals surface area contributed by atoms with E-state index in [1.54, 1.807) is 0 Å². The number of aromatic hydroxyl groups is 1. The first-order valence-electron chi connectivity index (χ1n) is 7.55. The number of aryl methyl sites for hydroxylation is 1. The third-order valence-corrected chi connectivity index (χ3v) is 4.52. The summed E-state index contributed by atoms with van der Waals surface area (Å²) in [5.41, 5.74) is 2.01. The van der Waals surface area contributed by atoms with Crippen LogP contribution in [0.4, 0.5) is 0 Å². The van der Waals surface area contributed by atoms with Crippen LogP contribution in [0, 0.1) is 6.92 Å². The number of ether oxygens (including phenoxy) is 1. The van der Waals surface area contributed by atoms with Gasteiger partial charge in [0.1, 0.15) is 5.75 Å². The summed E-state index contributed by atoms with van der Waals surface area (Å²) in [5, 5.41) is 10.1. The van der Waals surface area contributed by atoms with Gasteiger partial charge >= 0.3 is 0 Å². The number of phenols is 1. The van der Waals surface area contributed by atoms with Crippen LogP contribution in [0.2, 0.25) is 0 Å². The third-order valence-electron chi connectivity index (χ3n) is 4.52. The lowest BCUT2D eigenvalue weighted by atomic mass is 10.1. The summed E-state index contributed by atoms with van der Waals surface area (Å²) >= 11 is 0. The molecule has 3 rings (SSSR count). The predicted molar refractivity (Wildman–Crippen MR) is 78.9 cm³/mol. The Bertz CT molecular complexity index is 458. The van der Waals surface area contributed by atoms with Gasteiger partial charge in [0, 0.05) is 44.3 Å². The van der Waals surface area contributed by atoms with Crippen LogP contribution in [0.5, 0.6) is 5.75 Å². The van der Waals surface area contributed by atoms with Crippen LogP contribution in [0.1, 0.15) is 17.5 Å². The average molecular weight is 276 g/mol. The lowest BCUT2D eigenvalue weighted by Gasteiger charge is -2.32. The number of nitrogens with zero attached hydrogens (tertiary/aromatic N) is 2. The number of morpholine rings is 1. The average Bonchev–Trinajstić information content (AvgIpc) is 2.93. The second-order valence-corrected chi connectivity index (χ2v) is 5.91. The fraction of sp³-hybridized carbons (Fsp3) is 0.625. The highest BCUT2D eigenvalue weighted by Gasteiger charge is 2.28. The van der Waals surface area contributed by atoms with Crippen LogP contribution in [0.3, 0.4) is 0 Å². The standard InChI is InChI=1S/C16H24N2O2/c1-13-3-2-4-14(16(13)19)11-17-6-5-15(12-17)18-7-9-20-10-8-18/h2-4,15,19H,5-12H2,1H3. The summed E-state index contributed by atoms with van der Waals surface area (Å²) in [6, 6.07) is 6.68. The maximum Gasteiger partial charge on any atom is 0.122 e. The van der Waals surface area contributed by atoms with Crippen molar-refractivity contribution in [2.45, 2.75) is 25.9 Å². The minimum Gasteiger partial charge on any atom is -0.507 e. The van der Waals surface area contributed by atoms with Crippen LogP contribution in [-0.4, -0.2) is 60.3 Å². The maximum absolute atomic E-state index is 10.1. The van der Waals surface area contributed by atoms with E-state index < -0.39 is 0 Å². The van der Waals surface area contributed by atoms with Gasteiger partial charge in [-0.15, -0.1) is 0 Å². The molecular weight excluding hydrogens is 252 g/mol. The van der Waals surface area contributed by atoms with Crippen molar-refractivity contribution in [1.29, 1.82) is 0 Å². The van der Waals surface area contributed by atoms with E-state index in [1.165, 1.54) is 6.42 Å². The van der Waals surface area contributed by atoms with Gasteiger partial charge in [-0.1, -0.05) is 18.2 Å². The molecule has 0 aliphatic carbocycles. The van der Waals surface area contributed by atoms with Gasteiger partial charge in [0.2, 0.25) is 0 Å². The number of likely N-dealkylation sites (tertiary alicyclic amines) is 1. The number of hydrogen-bond donors (Lipinski definition) is 1. The van der Waals surface area contributed by atoms with E-state index in [9.17, 15) is 5.11 Å². The molecule has 2 saturated heterocycles. The Morgan fingerprint density at radius 3 is 2.85 bits per heavy atom. The van der Waals surface area contributed by atoms with Gasteiger partial charge < -0.3 is 9.84 Å². The molecule has 0 aromatic heterocycles. The van der Waals surface area contributed by atoms with E-state index in [0.29, 0.717) is 11.8 Å². The summed E-state index contributed by atoms with van der Waals surface area (Å²) in [4.78, 5) is 5.01. The molecule has 110 valence electrons. The lowest BCUT2D eigenvalue weighted by Crippen LogP contribution is -2.44. The summed E-state index contributed by atoms with van der Waals surface area (Å²) in [6.07, 6.45) is 1.23. The van der Waals surface area contributed by atoms with Crippen molar-refractivity contribution in [2.75, 3.05) is 39.4 Å². The molecule has 1 aromatic carbocycles. The van der Waals surface area contributed by atoms with Gasteiger partial charge in [0.05, 0.1) is 13.2 Å². The molecule has 0 saturated carbocycles. The molecule has 2 fully saturated rings. The molecule has 0 amide bonds. The number of benzene rings is 1. The first-order chi connectivity index (χ1) is 9.74. The minimum atomic E-state index is 0.460. The first kappa shape index (κ1) is 13.9. The number of para-hydroxylation sites is 1. The van der Waals surface area contributed by atoms with Crippen molar-refractivity contribution in [1.82, 2.24) is 9.80 Å². The summed E-state index contributed by atoms with van der Waals surface area (Å²) in [6.45, 7) is 8.91. The van der Waals surface area contributed by atoms with E-state index in [0.717, 1.165) is 57.1 Å². The number of phenolic OH excluding ortho intramolecular Hbond substituents is 1. The van der Waals surface area contributed by atoms with Crippen molar-refractivity contribution >= 4 is 0 Å². The summed E-state index contributed by atoms with van der Waals surface area (Å²) in [7, 11) is 0. The molecule has 1 unspecified atom stereocenters. The molecule has 1 atom stereocenters. The van der Waals surface area contributed by atoms with E-state index in [-0.39, 0.29) is 0 Å². The van der Waals surface area contributed by atoms with Gasteiger partial charge in [-0.05, 0) is 18.9 Å². The number of hydrogen-bond acceptors (Lipinski definition) is 4. The predicted octanol–water partition coefficient (Wildman–Crippen LogP) is 1.61. The van der Waals surface area contributed by atoms with Gasteiger partial charge in [-0.2, -0.15) is 0 Å². The second-order valence-electron chi connectivity index (χ2n) is 5.91. The molecule has 4 nitrogen and oxygen atoms in total. The van der Waals surface area contributed by atoms with E-state index in [4.69, 9.17) is 4.74 Å². The summed E-state index contributed by atoms with van der Waals surface area (Å²) in [5.74, 6) is 0.460. The Morgan fingerprint density at radius 1 is 1.25 bits per heavy atom. The van der Waals surface area contributed by atoms with Crippen molar-refractivity contribution in [3.63, 3.8) is 0 Å². The Hall–Kier alpha value is -1.10. The normalized spacial score (nSPS) is 25.1. The lowest BCUT2D eigenvalue weighted by molar-refractivity contribution is 0.0183. The molecule has 1 aromatic rings. The Morgan fingerprint density at radius 2 is 2.05 bits per heavy atom. The monoisotopic (exact) mass is 276 g/mol. The fourth-order valence-corrected chi connectivity index (χ4v) is 3.28. The maximum atomic E-state index is 10.1. The largest absolute Gasteiger partial charge is 0.507 e. The van der Waals surface area contributed by atoms with E-state index in [2.05, 4.69) is 9.80 Å². The molecule has 0 spiro atoms. The van der Waals surface area contributed by atoms with Gasteiger partial charge in [-0.25, -0.2) is 0 Å². The highest BCUT2D eigenvalue weighted by atomic mass is 16.5. The molecule has 4 heteroatoms. The number of rotatable bonds is 3.